The monoisotopic (exact) mass is 274 g/mol. The molecule has 108 valence electrons. The van der Waals surface area contributed by atoms with E-state index < -0.39 is 8.07 Å². The zero-order valence-electron chi connectivity index (χ0n) is 13.3. The van der Waals surface area contributed by atoms with Gasteiger partial charge in [-0.3, -0.25) is 0 Å². The van der Waals surface area contributed by atoms with Gasteiger partial charge in [0.15, 0.2) is 6.29 Å². The van der Waals surface area contributed by atoms with Crippen LogP contribution >= 0.6 is 0 Å². The minimum Gasteiger partial charge on any atom is -0.353 e. The quantitative estimate of drug-likeness (QED) is 0.434. The van der Waals surface area contributed by atoms with E-state index >= 15 is 0 Å². The van der Waals surface area contributed by atoms with Crippen molar-refractivity contribution in [3.63, 3.8) is 0 Å². The highest BCUT2D eigenvalue weighted by Crippen LogP contribution is 2.35. The molecule has 0 bridgehead atoms. The first-order valence-corrected chi connectivity index (χ1v) is 9.65. The van der Waals surface area contributed by atoms with Gasteiger partial charge in [-0.1, -0.05) is 33.9 Å². The number of hydrogen-bond donors (Lipinski definition) is 0. The smallest absolute Gasteiger partial charge is 0.154 e. The van der Waals surface area contributed by atoms with Crippen molar-refractivity contribution >= 4 is 14.0 Å². The molecule has 3 nitrogen and oxygen atoms in total. The Labute approximate surface area is 114 Å². The zero-order chi connectivity index (χ0) is 14.8. The predicted molar refractivity (Wildman–Crippen MR) is 80.2 cm³/mol. The Hall–Kier alpha value is -0.413. The van der Waals surface area contributed by atoms with Crippen LogP contribution in [0.25, 0.3) is 0 Å². The Morgan fingerprint density at radius 1 is 1.17 bits per heavy atom. The maximum absolute atomic E-state index is 10.1. The van der Waals surface area contributed by atoms with Crippen LogP contribution in [0.4, 0.5) is 0 Å². The second-order valence-electron chi connectivity index (χ2n) is 5.71. The average Bonchev–Trinajstić information content (AvgIpc) is 2.17. The van der Waals surface area contributed by atoms with Crippen LogP contribution < -0.4 is 0 Å². The molecule has 18 heavy (non-hydrogen) atoms. The third kappa shape index (κ3) is 9.60. The summed E-state index contributed by atoms with van der Waals surface area (Å²) in [5, 5.41) is 0.268. The number of ether oxygens (including phenoxy) is 2. The molecule has 4 heteroatoms. The highest BCUT2D eigenvalue weighted by atomic mass is 28.3. The SMILES string of the molecule is CC(C)(C)[Si](C)(C)C=C=O.CCOC(C)OCC. The first kappa shape index (κ1) is 19.9. The molecule has 0 aromatic heterocycles. The molecule has 0 aliphatic carbocycles. The molecule has 0 amide bonds. The van der Waals surface area contributed by atoms with Crippen LogP contribution in [0.15, 0.2) is 5.70 Å². The molecule has 0 fully saturated rings. The molecule has 0 radical (unpaired) electrons. The van der Waals surface area contributed by atoms with E-state index in [1.165, 1.54) is 0 Å². The van der Waals surface area contributed by atoms with Crippen LogP contribution in [-0.4, -0.2) is 33.5 Å². The molecule has 0 aromatic carbocycles. The molecule has 0 atom stereocenters. The van der Waals surface area contributed by atoms with Crippen LogP contribution in [0.5, 0.6) is 0 Å². The van der Waals surface area contributed by atoms with Gasteiger partial charge >= 0.3 is 0 Å². The third-order valence-corrected chi connectivity index (χ3v) is 7.86. The minimum atomic E-state index is -1.45. The highest BCUT2D eigenvalue weighted by Gasteiger charge is 2.32. The molecule has 0 unspecified atom stereocenters. The summed E-state index contributed by atoms with van der Waals surface area (Å²) in [5.41, 5.74) is 1.73. The fraction of sp³-hybridized carbons (Fsp3) is 0.857. The highest BCUT2D eigenvalue weighted by molar-refractivity contribution is 6.85. The Bertz CT molecular complexity index is 244. The normalized spacial score (nSPS) is 11.6. The van der Waals surface area contributed by atoms with Crippen LogP contribution in [0, 0.1) is 0 Å². The fourth-order valence-corrected chi connectivity index (χ4v) is 1.61. The van der Waals surface area contributed by atoms with Gasteiger partial charge in [-0.05, 0) is 31.5 Å². The van der Waals surface area contributed by atoms with E-state index in [1.54, 1.807) is 5.70 Å². The summed E-state index contributed by atoms with van der Waals surface area (Å²) in [7, 11) is -1.45. The van der Waals surface area contributed by atoms with Crippen molar-refractivity contribution in [2.75, 3.05) is 13.2 Å². The lowest BCUT2D eigenvalue weighted by atomic mass is 10.2. The number of rotatable bonds is 5. The summed E-state index contributed by atoms with van der Waals surface area (Å²) in [6.07, 6.45) is -0.0370. The van der Waals surface area contributed by atoms with Crippen molar-refractivity contribution < 1.29 is 14.3 Å². The van der Waals surface area contributed by atoms with Gasteiger partial charge in [0.1, 0.15) is 5.94 Å². The van der Waals surface area contributed by atoms with Gasteiger partial charge in [-0.15, -0.1) is 0 Å². The molecular weight excluding hydrogens is 244 g/mol. The van der Waals surface area contributed by atoms with Crippen molar-refractivity contribution in [3.8, 4) is 0 Å². The summed E-state index contributed by atoms with van der Waals surface area (Å²) in [5.74, 6) is 1.90. The molecule has 0 saturated carbocycles. The van der Waals surface area contributed by atoms with E-state index in [4.69, 9.17) is 9.47 Å². The number of hydrogen-bond acceptors (Lipinski definition) is 3. The molecule has 0 saturated heterocycles. The van der Waals surface area contributed by atoms with Crippen molar-refractivity contribution in [1.29, 1.82) is 0 Å². The zero-order valence-corrected chi connectivity index (χ0v) is 14.3. The lowest BCUT2D eigenvalue weighted by molar-refractivity contribution is -0.123. The van der Waals surface area contributed by atoms with Gasteiger partial charge in [0.05, 0.1) is 8.07 Å². The summed E-state index contributed by atoms with van der Waals surface area (Å²) in [4.78, 5) is 10.1. The predicted octanol–water partition coefficient (Wildman–Crippen LogP) is 3.83. The lowest BCUT2D eigenvalue weighted by Crippen LogP contribution is -2.35. The minimum absolute atomic E-state index is 0.0370. The summed E-state index contributed by atoms with van der Waals surface area (Å²) in [6, 6.07) is 0. The van der Waals surface area contributed by atoms with Gasteiger partial charge in [0.2, 0.25) is 0 Å². The van der Waals surface area contributed by atoms with Crippen LogP contribution in [0.1, 0.15) is 41.5 Å². The van der Waals surface area contributed by atoms with E-state index in [-0.39, 0.29) is 11.3 Å². The lowest BCUT2D eigenvalue weighted by Gasteiger charge is -2.32. The number of carbonyl (C=O) groups excluding carboxylic acids is 1. The Kier molecular flexibility index (Phi) is 10.5. The van der Waals surface area contributed by atoms with Crippen LogP contribution in [-0.2, 0) is 14.3 Å². The van der Waals surface area contributed by atoms with E-state index in [2.05, 4.69) is 33.9 Å². The van der Waals surface area contributed by atoms with E-state index in [0.29, 0.717) is 0 Å². The van der Waals surface area contributed by atoms with E-state index in [1.807, 2.05) is 26.7 Å². The van der Waals surface area contributed by atoms with Crippen molar-refractivity contribution in [1.82, 2.24) is 0 Å². The molecule has 0 heterocycles. The van der Waals surface area contributed by atoms with Crippen LogP contribution in [0.2, 0.25) is 18.1 Å². The van der Waals surface area contributed by atoms with Gasteiger partial charge in [0.25, 0.3) is 0 Å². The van der Waals surface area contributed by atoms with Gasteiger partial charge in [-0.2, -0.15) is 0 Å². The Morgan fingerprint density at radius 2 is 1.56 bits per heavy atom. The molecular formula is C14H30O3Si. The van der Waals surface area contributed by atoms with Crippen LogP contribution in [0.3, 0.4) is 0 Å². The third-order valence-electron chi connectivity index (χ3n) is 3.16. The van der Waals surface area contributed by atoms with Crippen molar-refractivity contribution in [2.45, 2.75) is 66.0 Å². The molecule has 0 spiro atoms. The summed E-state index contributed by atoms with van der Waals surface area (Å²) >= 11 is 0. The van der Waals surface area contributed by atoms with Crippen molar-refractivity contribution in [2.24, 2.45) is 0 Å². The Morgan fingerprint density at radius 3 is 1.72 bits per heavy atom. The maximum Gasteiger partial charge on any atom is 0.154 e. The first-order valence-electron chi connectivity index (χ1n) is 6.57. The molecule has 0 aliphatic heterocycles. The standard InChI is InChI=1S/C8H16OSi.C6H14O2/c1-8(2,3)10(4,5)7-6-9;1-4-7-6(3)8-5-2/h7H,1-5H3;6H,4-5H2,1-3H3. The molecule has 0 rings (SSSR count). The largest absolute Gasteiger partial charge is 0.353 e. The van der Waals surface area contributed by atoms with Gasteiger partial charge in [0, 0.05) is 13.2 Å². The van der Waals surface area contributed by atoms with Gasteiger partial charge < -0.3 is 9.47 Å². The van der Waals surface area contributed by atoms with E-state index in [9.17, 15) is 4.79 Å². The Balaban J connectivity index is 0. The summed E-state index contributed by atoms with van der Waals surface area (Å²) < 4.78 is 10.1. The first-order chi connectivity index (χ1) is 8.12. The topological polar surface area (TPSA) is 35.5 Å². The van der Waals surface area contributed by atoms with Crippen molar-refractivity contribution in [3.05, 3.63) is 5.70 Å². The molecule has 0 N–H and O–H groups in total. The second-order valence-corrected chi connectivity index (χ2v) is 10.9. The van der Waals surface area contributed by atoms with Gasteiger partial charge in [-0.25, -0.2) is 4.79 Å². The summed E-state index contributed by atoms with van der Waals surface area (Å²) in [6.45, 7) is 18.1. The average molecular weight is 274 g/mol. The second kappa shape index (κ2) is 9.51. The van der Waals surface area contributed by atoms with E-state index in [0.717, 1.165) is 13.2 Å². The maximum atomic E-state index is 10.1. The fourth-order valence-electron chi connectivity index (χ4n) is 0.881. The molecule has 0 aliphatic rings. The molecule has 0 aromatic rings.